The molecule has 9 nitrogen and oxygen atoms in total. The molecule has 0 saturated carbocycles. The predicted molar refractivity (Wildman–Crippen MR) is 105 cm³/mol. The van der Waals surface area contributed by atoms with Crippen molar-refractivity contribution in [3.05, 3.63) is 58.1 Å². The van der Waals surface area contributed by atoms with Crippen LogP contribution in [0.5, 0.6) is 0 Å². The second-order valence-electron chi connectivity index (χ2n) is 6.73. The standard InChI is InChI=1S/C18H19N5O4S/c1-13-5-6-16-17(11-13)20-18(19-16)21-7-9-22(10-8-21)28(26,27)15-4-2-3-14(12-15)23(24)25/h2-6,11-12H,7-10H2,1H3,(H,19,20). The van der Waals surface area contributed by atoms with Gasteiger partial charge in [0, 0.05) is 38.3 Å². The Morgan fingerprint density at radius 1 is 1.11 bits per heavy atom. The highest BCUT2D eigenvalue weighted by Crippen LogP contribution is 2.24. The minimum atomic E-state index is -3.78. The summed E-state index contributed by atoms with van der Waals surface area (Å²) in [6.07, 6.45) is 0. The van der Waals surface area contributed by atoms with Crippen molar-refractivity contribution >= 4 is 32.7 Å². The van der Waals surface area contributed by atoms with Crippen LogP contribution in [0.25, 0.3) is 11.0 Å². The molecule has 0 radical (unpaired) electrons. The molecule has 3 aromatic rings. The highest BCUT2D eigenvalue weighted by molar-refractivity contribution is 7.89. The average Bonchev–Trinajstić information content (AvgIpc) is 3.11. The van der Waals surface area contributed by atoms with Crippen LogP contribution < -0.4 is 4.90 Å². The first-order valence-electron chi connectivity index (χ1n) is 8.80. The Balaban J connectivity index is 1.51. The Kier molecular flexibility index (Phi) is 4.52. The van der Waals surface area contributed by atoms with Crippen LogP contribution in [0, 0.1) is 17.0 Å². The number of non-ortho nitro benzene ring substituents is 1. The van der Waals surface area contributed by atoms with Crippen molar-refractivity contribution in [2.75, 3.05) is 31.1 Å². The van der Waals surface area contributed by atoms with Crippen molar-refractivity contribution in [3.8, 4) is 0 Å². The minimum absolute atomic E-state index is 0.0608. The number of rotatable bonds is 4. The fourth-order valence-corrected chi connectivity index (χ4v) is 4.77. The fourth-order valence-electron chi connectivity index (χ4n) is 3.31. The lowest BCUT2D eigenvalue weighted by molar-refractivity contribution is -0.385. The molecule has 1 aliphatic rings. The third-order valence-electron chi connectivity index (χ3n) is 4.83. The van der Waals surface area contributed by atoms with Crippen LogP contribution in [0.4, 0.5) is 11.6 Å². The summed E-state index contributed by atoms with van der Waals surface area (Å²) in [6.45, 7) is 3.53. The maximum Gasteiger partial charge on any atom is 0.270 e. The number of benzene rings is 2. The zero-order valence-electron chi connectivity index (χ0n) is 15.2. The third-order valence-corrected chi connectivity index (χ3v) is 6.72. The zero-order chi connectivity index (χ0) is 19.9. The molecule has 0 amide bonds. The molecular weight excluding hydrogens is 382 g/mol. The van der Waals surface area contributed by atoms with Crippen molar-refractivity contribution in [1.82, 2.24) is 14.3 Å². The molecule has 0 spiro atoms. The number of hydrogen-bond donors (Lipinski definition) is 1. The molecule has 1 N–H and O–H groups in total. The molecule has 146 valence electrons. The van der Waals surface area contributed by atoms with Gasteiger partial charge in [0.1, 0.15) is 0 Å². The quantitative estimate of drug-likeness (QED) is 0.530. The summed E-state index contributed by atoms with van der Waals surface area (Å²) in [4.78, 5) is 20.1. The lowest BCUT2D eigenvalue weighted by Gasteiger charge is -2.33. The fraction of sp³-hybridized carbons (Fsp3) is 0.278. The molecule has 1 saturated heterocycles. The number of hydrogen-bond acceptors (Lipinski definition) is 6. The van der Waals surface area contributed by atoms with Crippen molar-refractivity contribution in [2.24, 2.45) is 0 Å². The topological polar surface area (TPSA) is 112 Å². The number of imidazole rings is 1. The van der Waals surface area contributed by atoms with Crippen LogP contribution in [0.2, 0.25) is 0 Å². The van der Waals surface area contributed by atoms with Gasteiger partial charge in [0.15, 0.2) is 0 Å². The lowest BCUT2D eigenvalue weighted by Crippen LogP contribution is -2.49. The number of nitrogens with one attached hydrogen (secondary N) is 1. The van der Waals surface area contributed by atoms with Crippen molar-refractivity contribution in [2.45, 2.75) is 11.8 Å². The number of sulfonamides is 1. The lowest BCUT2D eigenvalue weighted by atomic mass is 10.2. The Labute approximate surface area is 161 Å². The van der Waals surface area contributed by atoms with E-state index in [-0.39, 0.29) is 23.7 Å². The number of aryl methyl sites for hydroxylation is 1. The summed E-state index contributed by atoms with van der Waals surface area (Å²) in [7, 11) is -3.78. The number of aromatic nitrogens is 2. The predicted octanol–water partition coefficient (Wildman–Crippen LogP) is 2.29. The van der Waals surface area contributed by atoms with Gasteiger partial charge in [-0.25, -0.2) is 13.4 Å². The number of piperazine rings is 1. The van der Waals surface area contributed by atoms with E-state index in [2.05, 4.69) is 9.97 Å². The summed E-state index contributed by atoms with van der Waals surface area (Å²) in [5.74, 6) is 0.716. The van der Waals surface area contributed by atoms with E-state index in [4.69, 9.17) is 0 Å². The Morgan fingerprint density at radius 3 is 2.57 bits per heavy atom. The maximum absolute atomic E-state index is 12.8. The molecule has 1 aliphatic heterocycles. The van der Waals surface area contributed by atoms with Crippen molar-refractivity contribution in [1.29, 1.82) is 0 Å². The van der Waals surface area contributed by atoms with Gasteiger partial charge < -0.3 is 9.88 Å². The number of anilines is 1. The molecule has 10 heteroatoms. The van der Waals surface area contributed by atoms with Gasteiger partial charge in [0.05, 0.1) is 20.9 Å². The van der Waals surface area contributed by atoms with E-state index in [1.54, 1.807) is 0 Å². The molecule has 0 unspecified atom stereocenters. The van der Waals surface area contributed by atoms with E-state index >= 15 is 0 Å². The first kappa shape index (κ1) is 18.4. The first-order chi connectivity index (χ1) is 13.3. The second kappa shape index (κ2) is 6.88. The van der Waals surface area contributed by atoms with Crippen LogP contribution in [-0.4, -0.2) is 53.8 Å². The maximum atomic E-state index is 12.8. The Bertz CT molecular complexity index is 1150. The molecular formula is C18H19N5O4S. The van der Waals surface area contributed by atoms with E-state index in [1.807, 2.05) is 30.0 Å². The van der Waals surface area contributed by atoms with E-state index < -0.39 is 14.9 Å². The van der Waals surface area contributed by atoms with Gasteiger partial charge in [-0.15, -0.1) is 0 Å². The number of aromatic amines is 1. The molecule has 0 atom stereocenters. The van der Waals surface area contributed by atoms with Crippen LogP contribution in [0.3, 0.4) is 0 Å². The second-order valence-corrected chi connectivity index (χ2v) is 8.66. The normalized spacial score (nSPS) is 15.8. The smallest absolute Gasteiger partial charge is 0.270 e. The van der Waals surface area contributed by atoms with Crippen molar-refractivity contribution < 1.29 is 13.3 Å². The average molecular weight is 401 g/mol. The van der Waals surface area contributed by atoms with Crippen LogP contribution in [-0.2, 0) is 10.0 Å². The van der Waals surface area contributed by atoms with Gasteiger partial charge in [-0.2, -0.15) is 4.31 Å². The van der Waals surface area contributed by atoms with E-state index in [0.29, 0.717) is 19.0 Å². The monoisotopic (exact) mass is 401 g/mol. The molecule has 1 aromatic heterocycles. The van der Waals surface area contributed by atoms with E-state index in [1.165, 1.54) is 22.5 Å². The summed E-state index contributed by atoms with van der Waals surface area (Å²) < 4.78 is 27.0. The molecule has 2 aromatic carbocycles. The van der Waals surface area contributed by atoms with Crippen LogP contribution in [0.1, 0.15) is 5.56 Å². The molecule has 4 rings (SSSR count). The van der Waals surface area contributed by atoms with Gasteiger partial charge in [0.2, 0.25) is 16.0 Å². The summed E-state index contributed by atoms with van der Waals surface area (Å²) in [5.41, 5.74) is 2.71. The number of fused-ring (bicyclic) bond motifs is 1. The molecule has 0 aliphatic carbocycles. The summed E-state index contributed by atoms with van der Waals surface area (Å²) >= 11 is 0. The van der Waals surface area contributed by atoms with Gasteiger partial charge in [0.25, 0.3) is 5.69 Å². The number of nitro groups is 1. The van der Waals surface area contributed by atoms with E-state index in [9.17, 15) is 18.5 Å². The minimum Gasteiger partial charge on any atom is -0.340 e. The number of H-pyrrole nitrogens is 1. The first-order valence-corrected chi connectivity index (χ1v) is 10.2. The molecule has 2 heterocycles. The van der Waals surface area contributed by atoms with Gasteiger partial charge >= 0.3 is 0 Å². The van der Waals surface area contributed by atoms with Gasteiger partial charge in [-0.3, -0.25) is 10.1 Å². The van der Waals surface area contributed by atoms with E-state index in [0.717, 1.165) is 22.7 Å². The highest BCUT2D eigenvalue weighted by atomic mass is 32.2. The molecule has 0 bridgehead atoms. The van der Waals surface area contributed by atoms with Gasteiger partial charge in [-0.1, -0.05) is 12.1 Å². The molecule has 1 fully saturated rings. The number of nitro benzene ring substituents is 1. The van der Waals surface area contributed by atoms with Crippen LogP contribution in [0.15, 0.2) is 47.4 Å². The number of nitrogens with zero attached hydrogens (tertiary/aromatic N) is 4. The largest absolute Gasteiger partial charge is 0.340 e. The Hall–Kier alpha value is -2.98. The molecule has 28 heavy (non-hydrogen) atoms. The summed E-state index contributed by atoms with van der Waals surface area (Å²) in [5, 5.41) is 10.9. The zero-order valence-corrected chi connectivity index (χ0v) is 16.0. The Morgan fingerprint density at radius 2 is 1.86 bits per heavy atom. The highest BCUT2D eigenvalue weighted by Gasteiger charge is 2.30. The van der Waals surface area contributed by atoms with Gasteiger partial charge in [-0.05, 0) is 30.7 Å². The van der Waals surface area contributed by atoms with Crippen LogP contribution >= 0.6 is 0 Å². The van der Waals surface area contributed by atoms with Crippen molar-refractivity contribution in [3.63, 3.8) is 0 Å². The summed E-state index contributed by atoms with van der Waals surface area (Å²) in [6, 6.07) is 11.1. The SMILES string of the molecule is Cc1ccc2nc(N3CCN(S(=O)(=O)c4cccc([N+](=O)[O-])c4)CC3)[nH]c2c1. The third kappa shape index (κ3) is 3.32.